The van der Waals surface area contributed by atoms with Gasteiger partial charge in [-0.15, -0.1) is 0 Å². The molecule has 1 unspecified atom stereocenters. The third kappa shape index (κ3) is 5.21. The summed E-state index contributed by atoms with van der Waals surface area (Å²) < 4.78 is 6.18. The third-order valence-electron chi connectivity index (χ3n) is 6.85. The van der Waals surface area contributed by atoms with Crippen LogP contribution >= 0.6 is 0 Å². The van der Waals surface area contributed by atoms with Gasteiger partial charge in [-0.05, 0) is 31.0 Å². The molecular formula is C28H31N7O2. The monoisotopic (exact) mass is 497 g/mol. The number of nitrogens with one attached hydrogen (secondary N) is 1. The molecule has 9 heteroatoms. The van der Waals surface area contributed by atoms with Crippen LogP contribution in [0.4, 0.5) is 11.5 Å². The van der Waals surface area contributed by atoms with E-state index < -0.39 is 0 Å². The maximum atomic E-state index is 9.84. The van der Waals surface area contributed by atoms with Gasteiger partial charge < -0.3 is 25.8 Å². The number of benzene rings is 2. The summed E-state index contributed by atoms with van der Waals surface area (Å²) >= 11 is 0. The van der Waals surface area contributed by atoms with E-state index in [0.29, 0.717) is 35.4 Å². The second-order valence-corrected chi connectivity index (χ2v) is 9.42. The maximum Gasteiger partial charge on any atom is 0.224 e. The first-order valence-corrected chi connectivity index (χ1v) is 12.4. The summed E-state index contributed by atoms with van der Waals surface area (Å²) in [6, 6.07) is 18.1. The van der Waals surface area contributed by atoms with Crippen molar-refractivity contribution in [2.24, 2.45) is 5.73 Å². The SMILES string of the molecule is Cc1ccc(C2C(C#N)=C(N)Nc3cc(Oc4cc(N5CCN(CCO)CC5)nc(C)n4)ccc32)cc1. The van der Waals surface area contributed by atoms with E-state index in [2.05, 4.69) is 31.2 Å². The van der Waals surface area contributed by atoms with Gasteiger partial charge in [-0.3, -0.25) is 4.90 Å². The Bertz CT molecular complexity index is 1360. The van der Waals surface area contributed by atoms with Crippen LogP contribution in [0.15, 0.2) is 59.9 Å². The van der Waals surface area contributed by atoms with E-state index >= 15 is 0 Å². The van der Waals surface area contributed by atoms with Gasteiger partial charge in [0.05, 0.1) is 18.2 Å². The zero-order valence-corrected chi connectivity index (χ0v) is 21.1. The van der Waals surface area contributed by atoms with Crippen molar-refractivity contribution >= 4 is 11.5 Å². The molecule has 0 radical (unpaired) electrons. The molecule has 37 heavy (non-hydrogen) atoms. The number of piperazine rings is 1. The van der Waals surface area contributed by atoms with Crippen LogP contribution in [0.5, 0.6) is 11.6 Å². The number of allylic oxidation sites excluding steroid dienone is 1. The van der Waals surface area contributed by atoms with Crippen LogP contribution in [0, 0.1) is 25.2 Å². The molecule has 1 fully saturated rings. The lowest BCUT2D eigenvalue weighted by Gasteiger charge is -2.35. The molecule has 1 atom stereocenters. The fraction of sp³-hybridized carbons (Fsp3) is 0.321. The van der Waals surface area contributed by atoms with Gasteiger partial charge in [0.25, 0.3) is 0 Å². The van der Waals surface area contributed by atoms with Crippen LogP contribution in [0.2, 0.25) is 0 Å². The van der Waals surface area contributed by atoms with Crippen LogP contribution in [-0.4, -0.2) is 59.3 Å². The number of nitrogens with two attached hydrogens (primary N) is 1. The summed E-state index contributed by atoms with van der Waals surface area (Å²) in [5.41, 5.74) is 10.7. The average molecular weight is 498 g/mol. The Labute approximate surface area is 216 Å². The number of β-amino-alcohol motifs (C(OH)–C–C–N with tert-alkyl or cyclic N) is 1. The maximum absolute atomic E-state index is 9.84. The van der Waals surface area contributed by atoms with Crippen LogP contribution in [0.3, 0.4) is 0 Å². The topological polar surface area (TPSA) is 124 Å². The van der Waals surface area contributed by atoms with Gasteiger partial charge in [-0.25, -0.2) is 4.98 Å². The van der Waals surface area contributed by atoms with E-state index in [4.69, 9.17) is 10.5 Å². The summed E-state index contributed by atoms with van der Waals surface area (Å²) in [4.78, 5) is 13.6. The van der Waals surface area contributed by atoms with E-state index in [1.54, 1.807) is 0 Å². The van der Waals surface area contributed by atoms with Crippen molar-refractivity contribution in [3.63, 3.8) is 0 Å². The summed E-state index contributed by atoms with van der Waals surface area (Å²) in [6.45, 7) is 8.15. The van der Waals surface area contributed by atoms with Gasteiger partial charge in [0.15, 0.2) is 0 Å². The molecule has 9 nitrogen and oxygen atoms in total. The first-order valence-electron chi connectivity index (χ1n) is 12.4. The van der Waals surface area contributed by atoms with Crippen molar-refractivity contribution in [2.75, 3.05) is 49.5 Å². The van der Waals surface area contributed by atoms with Crippen LogP contribution in [0.1, 0.15) is 28.4 Å². The highest BCUT2D eigenvalue weighted by atomic mass is 16.5. The lowest BCUT2D eigenvalue weighted by Crippen LogP contribution is -2.47. The second-order valence-electron chi connectivity index (χ2n) is 9.42. The highest BCUT2D eigenvalue weighted by Gasteiger charge is 2.29. The molecule has 4 N–H and O–H groups in total. The number of aliphatic hydroxyl groups excluding tert-OH is 1. The molecule has 1 saturated heterocycles. The Kier molecular flexibility index (Phi) is 6.95. The number of anilines is 2. The Morgan fingerprint density at radius 2 is 1.84 bits per heavy atom. The number of fused-ring (bicyclic) bond motifs is 1. The van der Waals surface area contributed by atoms with E-state index in [9.17, 15) is 10.4 Å². The van der Waals surface area contributed by atoms with Gasteiger partial charge in [-0.1, -0.05) is 35.9 Å². The summed E-state index contributed by atoms with van der Waals surface area (Å²) in [5, 5.41) is 22.2. The highest BCUT2D eigenvalue weighted by molar-refractivity contribution is 5.69. The van der Waals surface area contributed by atoms with E-state index in [1.165, 1.54) is 0 Å². The van der Waals surface area contributed by atoms with E-state index in [0.717, 1.165) is 54.4 Å². The molecule has 190 valence electrons. The smallest absolute Gasteiger partial charge is 0.224 e. The number of ether oxygens (including phenoxy) is 1. The number of nitrogens with zero attached hydrogens (tertiary/aromatic N) is 5. The number of rotatable bonds is 6. The molecule has 0 spiro atoms. The number of aromatic nitrogens is 2. The normalized spacial score (nSPS) is 17.7. The Balaban J connectivity index is 1.40. The lowest BCUT2D eigenvalue weighted by atomic mass is 9.82. The number of aryl methyl sites for hydroxylation is 2. The largest absolute Gasteiger partial charge is 0.439 e. The summed E-state index contributed by atoms with van der Waals surface area (Å²) in [5.74, 6) is 2.62. The Morgan fingerprint density at radius 1 is 1.08 bits per heavy atom. The number of hydrogen-bond donors (Lipinski definition) is 3. The molecule has 3 heterocycles. The van der Waals surface area contributed by atoms with Gasteiger partial charge >= 0.3 is 0 Å². The van der Waals surface area contributed by atoms with Crippen molar-refractivity contribution < 1.29 is 9.84 Å². The van der Waals surface area contributed by atoms with E-state index in [1.807, 2.05) is 62.4 Å². The molecule has 2 aromatic carbocycles. The van der Waals surface area contributed by atoms with Crippen LogP contribution in [0.25, 0.3) is 0 Å². The molecule has 0 amide bonds. The van der Waals surface area contributed by atoms with Crippen molar-refractivity contribution in [3.8, 4) is 17.7 Å². The molecule has 0 saturated carbocycles. The molecule has 5 rings (SSSR count). The molecule has 3 aromatic rings. The molecule has 1 aromatic heterocycles. The predicted molar refractivity (Wildman–Crippen MR) is 142 cm³/mol. The van der Waals surface area contributed by atoms with Crippen molar-refractivity contribution in [3.05, 3.63) is 82.4 Å². The molecule has 0 bridgehead atoms. The average Bonchev–Trinajstić information content (AvgIpc) is 2.89. The summed E-state index contributed by atoms with van der Waals surface area (Å²) in [6.07, 6.45) is 0. The fourth-order valence-corrected chi connectivity index (χ4v) is 4.91. The molecule has 2 aliphatic heterocycles. The summed E-state index contributed by atoms with van der Waals surface area (Å²) in [7, 11) is 0. The second kappa shape index (κ2) is 10.5. The number of aliphatic hydroxyl groups is 1. The van der Waals surface area contributed by atoms with Crippen molar-refractivity contribution in [2.45, 2.75) is 19.8 Å². The minimum Gasteiger partial charge on any atom is -0.439 e. The number of hydrogen-bond acceptors (Lipinski definition) is 9. The van der Waals surface area contributed by atoms with Gasteiger partial charge in [0, 0.05) is 56.5 Å². The van der Waals surface area contributed by atoms with Crippen molar-refractivity contribution in [1.29, 1.82) is 5.26 Å². The quantitative estimate of drug-likeness (QED) is 0.471. The highest BCUT2D eigenvalue weighted by Crippen LogP contribution is 2.42. The Hall–Kier alpha value is -4.13. The lowest BCUT2D eigenvalue weighted by molar-refractivity contribution is 0.188. The zero-order chi connectivity index (χ0) is 25.9. The van der Waals surface area contributed by atoms with Crippen LogP contribution < -0.4 is 20.7 Å². The van der Waals surface area contributed by atoms with Crippen molar-refractivity contribution in [1.82, 2.24) is 14.9 Å². The Morgan fingerprint density at radius 3 is 2.54 bits per heavy atom. The number of nitriles is 1. The predicted octanol–water partition coefficient (Wildman–Crippen LogP) is 3.25. The molecular weight excluding hydrogens is 466 g/mol. The minimum atomic E-state index is -0.256. The van der Waals surface area contributed by atoms with E-state index in [-0.39, 0.29) is 12.5 Å². The fourth-order valence-electron chi connectivity index (χ4n) is 4.91. The van der Waals surface area contributed by atoms with Gasteiger partial charge in [-0.2, -0.15) is 10.2 Å². The third-order valence-corrected chi connectivity index (χ3v) is 6.85. The standard InChI is InChI=1S/C28H31N7O2/c1-18-3-5-20(6-4-18)27-22-8-7-21(15-24(22)33-28(30)23(27)17-29)37-26-16-25(31-19(2)32-26)35-11-9-34(10-12-35)13-14-36/h3-8,15-16,27,33,36H,9-14,30H2,1-2H3. The van der Waals surface area contributed by atoms with Gasteiger partial charge in [0.2, 0.25) is 5.88 Å². The molecule has 2 aliphatic rings. The zero-order valence-electron chi connectivity index (χ0n) is 21.1. The first-order chi connectivity index (χ1) is 17.9. The first kappa shape index (κ1) is 24.6. The van der Waals surface area contributed by atoms with Crippen LogP contribution in [-0.2, 0) is 0 Å². The minimum absolute atomic E-state index is 0.172. The van der Waals surface area contributed by atoms with Gasteiger partial charge in [0.1, 0.15) is 23.2 Å². The molecule has 0 aliphatic carbocycles.